The van der Waals surface area contributed by atoms with Crippen LogP contribution in [0, 0.1) is 5.92 Å². The molecule has 0 saturated heterocycles. The van der Waals surface area contributed by atoms with E-state index in [2.05, 4.69) is 45.6 Å². The van der Waals surface area contributed by atoms with Gasteiger partial charge in [0.15, 0.2) is 0 Å². The summed E-state index contributed by atoms with van der Waals surface area (Å²) in [6.45, 7) is 10.6. The smallest absolute Gasteiger partial charge is 0.0317 e. The molecule has 0 aliphatic heterocycles. The normalized spacial score (nSPS) is 13.2. The molecule has 0 fully saturated rings. The molecule has 0 saturated carbocycles. The number of nitrogens with two attached hydrogens (primary N) is 1. The standard InChI is InChI=1S/C19H29N/c1-5-9-11-15(7-3)18(10-6-2)19-13-12-17(20)14-16(19)8-4/h6,10,12-15H,2,5,7-9,11,20H2,1,3-4H3/b18-10-. The number of benzene rings is 1. The fraction of sp³-hybridized carbons (Fsp3) is 0.474. The highest BCUT2D eigenvalue weighted by molar-refractivity contribution is 5.72. The maximum absolute atomic E-state index is 5.93. The van der Waals surface area contributed by atoms with Gasteiger partial charge in [0.05, 0.1) is 0 Å². The van der Waals surface area contributed by atoms with Gasteiger partial charge in [0, 0.05) is 5.69 Å². The van der Waals surface area contributed by atoms with E-state index in [0.29, 0.717) is 5.92 Å². The molecule has 0 aliphatic rings. The average molecular weight is 271 g/mol. The minimum Gasteiger partial charge on any atom is -0.399 e. The Balaban J connectivity index is 3.19. The van der Waals surface area contributed by atoms with Crippen molar-refractivity contribution in [1.29, 1.82) is 0 Å². The average Bonchev–Trinajstić information content (AvgIpc) is 2.47. The first-order chi connectivity index (χ1) is 9.67. The number of anilines is 1. The molecule has 1 aromatic carbocycles. The van der Waals surface area contributed by atoms with E-state index in [4.69, 9.17) is 5.73 Å². The molecule has 0 spiro atoms. The van der Waals surface area contributed by atoms with E-state index in [1.54, 1.807) is 0 Å². The van der Waals surface area contributed by atoms with Gasteiger partial charge < -0.3 is 5.73 Å². The topological polar surface area (TPSA) is 26.0 Å². The number of allylic oxidation sites excluding steroid dienone is 3. The van der Waals surface area contributed by atoms with Crippen molar-refractivity contribution >= 4 is 11.3 Å². The molecule has 0 radical (unpaired) electrons. The van der Waals surface area contributed by atoms with Crippen molar-refractivity contribution in [3.63, 3.8) is 0 Å². The van der Waals surface area contributed by atoms with Gasteiger partial charge in [-0.05, 0) is 54.0 Å². The van der Waals surface area contributed by atoms with Crippen molar-refractivity contribution in [3.05, 3.63) is 48.1 Å². The van der Waals surface area contributed by atoms with E-state index < -0.39 is 0 Å². The van der Waals surface area contributed by atoms with Crippen LogP contribution in [-0.4, -0.2) is 0 Å². The fourth-order valence-electron chi connectivity index (χ4n) is 2.79. The summed E-state index contributed by atoms with van der Waals surface area (Å²) in [5.41, 5.74) is 10.9. The molecule has 1 aromatic rings. The van der Waals surface area contributed by atoms with Gasteiger partial charge in [-0.3, -0.25) is 0 Å². The molecule has 0 aromatic heterocycles. The molecular weight excluding hydrogens is 242 g/mol. The Bertz CT molecular complexity index is 457. The summed E-state index contributed by atoms with van der Waals surface area (Å²) in [6, 6.07) is 6.30. The first-order valence-corrected chi connectivity index (χ1v) is 7.89. The molecule has 1 heteroatoms. The summed E-state index contributed by atoms with van der Waals surface area (Å²) < 4.78 is 0. The van der Waals surface area contributed by atoms with Crippen LogP contribution in [-0.2, 0) is 6.42 Å². The third kappa shape index (κ3) is 4.26. The van der Waals surface area contributed by atoms with Gasteiger partial charge in [-0.1, -0.05) is 58.4 Å². The lowest BCUT2D eigenvalue weighted by atomic mass is 9.84. The number of hydrogen-bond acceptors (Lipinski definition) is 1. The van der Waals surface area contributed by atoms with E-state index in [1.807, 2.05) is 12.1 Å². The van der Waals surface area contributed by atoms with Crippen molar-refractivity contribution < 1.29 is 0 Å². The Morgan fingerprint density at radius 3 is 2.60 bits per heavy atom. The largest absolute Gasteiger partial charge is 0.399 e. The molecule has 0 bridgehead atoms. The fourth-order valence-corrected chi connectivity index (χ4v) is 2.79. The van der Waals surface area contributed by atoms with Gasteiger partial charge in [-0.25, -0.2) is 0 Å². The quantitative estimate of drug-likeness (QED) is 0.482. The molecule has 0 heterocycles. The van der Waals surface area contributed by atoms with Crippen molar-refractivity contribution in [2.45, 2.75) is 52.9 Å². The number of nitrogen functional groups attached to an aromatic ring is 1. The third-order valence-electron chi connectivity index (χ3n) is 3.96. The first-order valence-electron chi connectivity index (χ1n) is 7.89. The summed E-state index contributed by atoms with van der Waals surface area (Å²) in [4.78, 5) is 0. The molecule has 1 rings (SSSR count). The van der Waals surface area contributed by atoms with E-state index in [1.165, 1.54) is 42.4 Å². The van der Waals surface area contributed by atoms with E-state index >= 15 is 0 Å². The van der Waals surface area contributed by atoms with Crippen LogP contribution in [0.15, 0.2) is 36.9 Å². The van der Waals surface area contributed by atoms with Crippen LogP contribution in [0.1, 0.15) is 57.6 Å². The second-order valence-electron chi connectivity index (χ2n) is 5.38. The Hall–Kier alpha value is -1.50. The van der Waals surface area contributed by atoms with Crippen LogP contribution in [0.3, 0.4) is 0 Å². The molecule has 0 amide bonds. The van der Waals surface area contributed by atoms with Crippen molar-refractivity contribution in [1.82, 2.24) is 0 Å². The minimum absolute atomic E-state index is 0.613. The zero-order valence-electron chi connectivity index (χ0n) is 13.3. The summed E-state index contributed by atoms with van der Waals surface area (Å²) >= 11 is 0. The van der Waals surface area contributed by atoms with Crippen LogP contribution >= 0.6 is 0 Å². The monoisotopic (exact) mass is 271 g/mol. The number of hydrogen-bond donors (Lipinski definition) is 1. The van der Waals surface area contributed by atoms with Crippen molar-refractivity contribution in [2.75, 3.05) is 5.73 Å². The summed E-state index contributed by atoms with van der Waals surface area (Å²) in [6.07, 6.45) is 10.1. The van der Waals surface area contributed by atoms with Gasteiger partial charge in [0.25, 0.3) is 0 Å². The number of unbranched alkanes of at least 4 members (excludes halogenated alkanes) is 1. The van der Waals surface area contributed by atoms with Crippen molar-refractivity contribution in [2.24, 2.45) is 5.92 Å². The molecule has 1 unspecified atom stereocenters. The van der Waals surface area contributed by atoms with E-state index in [0.717, 1.165) is 12.1 Å². The lowest BCUT2D eigenvalue weighted by molar-refractivity contribution is 0.553. The second kappa shape index (κ2) is 8.63. The lowest BCUT2D eigenvalue weighted by Gasteiger charge is -2.21. The Morgan fingerprint density at radius 2 is 2.05 bits per heavy atom. The molecule has 1 atom stereocenters. The predicted octanol–water partition coefficient (Wildman–Crippen LogP) is 5.62. The highest BCUT2D eigenvalue weighted by atomic mass is 14.5. The van der Waals surface area contributed by atoms with Crippen LogP contribution < -0.4 is 5.73 Å². The molecular formula is C19H29N. The van der Waals surface area contributed by atoms with Crippen LogP contribution in [0.5, 0.6) is 0 Å². The number of rotatable bonds is 8. The minimum atomic E-state index is 0.613. The SMILES string of the molecule is C=C/C=C(\c1ccc(N)cc1CC)C(CC)CCCC. The summed E-state index contributed by atoms with van der Waals surface area (Å²) in [5.74, 6) is 0.613. The van der Waals surface area contributed by atoms with Gasteiger partial charge in [-0.15, -0.1) is 0 Å². The number of aryl methyl sites for hydroxylation is 1. The molecule has 2 N–H and O–H groups in total. The van der Waals surface area contributed by atoms with Crippen LogP contribution in [0.25, 0.3) is 5.57 Å². The zero-order valence-corrected chi connectivity index (χ0v) is 13.3. The summed E-state index contributed by atoms with van der Waals surface area (Å²) in [7, 11) is 0. The molecule has 1 nitrogen and oxygen atoms in total. The Labute approximate surface area is 124 Å². The second-order valence-corrected chi connectivity index (χ2v) is 5.38. The van der Waals surface area contributed by atoms with Crippen LogP contribution in [0.2, 0.25) is 0 Å². The third-order valence-corrected chi connectivity index (χ3v) is 3.96. The summed E-state index contributed by atoms with van der Waals surface area (Å²) in [5, 5.41) is 0. The molecule has 20 heavy (non-hydrogen) atoms. The molecule has 110 valence electrons. The maximum Gasteiger partial charge on any atom is 0.0317 e. The molecule has 0 aliphatic carbocycles. The van der Waals surface area contributed by atoms with Crippen LogP contribution in [0.4, 0.5) is 5.69 Å². The zero-order chi connectivity index (χ0) is 15.0. The van der Waals surface area contributed by atoms with Gasteiger partial charge in [0.1, 0.15) is 0 Å². The Morgan fingerprint density at radius 1 is 1.30 bits per heavy atom. The Kier molecular flexibility index (Phi) is 7.14. The van der Waals surface area contributed by atoms with Gasteiger partial charge in [0.2, 0.25) is 0 Å². The maximum atomic E-state index is 5.93. The van der Waals surface area contributed by atoms with Gasteiger partial charge in [-0.2, -0.15) is 0 Å². The van der Waals surface area contributed by atoms with Gasteiger partial charge >= 0.3 is 0 Å². The van der Waals surface area contributed by atoms with E-state index in [-0.39, 0.29) is 0 Å². The van der Waals surface area contributed by atoms with E-state index in [9.17, 15) is 0 Å². The predicted molar refractivity (Wildman–Crippen MR) is 91.7 cm³/mol. The lowest BCUT2D eigenvalue weighted by Crippen LogP contribution is -2.05. The van der Waals surface area contributed by atoms with Crippen molar-refractivity contribution in [3.8, 4) is 0 Å². The highest BCUT2D eigenvalue weighted by Crippen LogP contribution is 2.33. The first kappa shape index (κ1) is 16.6. The highest BCUT2D eigenvalue weighted by Gasteiger charge is 2.16.